The van der Waals surface area contributed by atoms with Gasteiger partial charge in [-0.15, -0.1) is 5.10 Å². The molecule has 1 aromatic carbocycles. The molecule has 3 aromatic heterocycles. The molecule has 9 nitrogen and oxygen atoms in total. The summed E-state index contributed by atoms with van der Waals surface area (Å²) >= 11 is 0. The van der Waals surface area contributed by atoms with Gasteiger partial charge in [0.2, 0.25) is 0 Å². The predicted molar refractivity (Wildman–Crippen MR) is 85.7 cm³/mol. The van der Waals surface area contributed by atoms with E-state index < -0.39 is 4.92 Å². The Bertz CT molecular complexity index is 1100. The maximum atomic E-state index is 11.1. The summed E-state index contributed by atoms with van der Waals surface area (Å²) in [5, 5.41) is 20.6. The van der Waals surface area contributed by atoms with Crippen molar-refractivity contribution in [3.05, 3.63) is 57.9 Å². The molecule has 0 saturated carbocycles. The molecule has 4 aromatic rings. The summed E-state index contributed by atoms with van der Waals surface area (Å²) in [6.07, 6.45) is 1.61. The highest BCUT2D eigenvalue weighted by molar-refractivity contribution is 5.90. The van der Waals surface area contributed by atoms with Crippen LogP contribution in [0.5, 0.6) is 0 Å². The summed E-state index contributed by atoms with van der Waals surface area (Å²) in [5.41, 5.74) is 2.44. The fraction of sp³-hybridized carbons (Fsp3) is 0.200. The van der Waals surface area contributed by atoms with Gasteiger partial charge in [-0.1, -0.05) is 12.1 Å². The summed E-state index contributed by atoms with van der Waals surface area (Å²) in [7, 11) is 0. The van der Waals surface area contributed by atoms with Gasteiger partial charge in [-0.3, -0.25) is 14.8 Å². The lowest BCUT2D eigenvalue weighted by Gasteiger charge is -1.98. The summed E-state index contributed by atoms with van der Waals surface area (Å²) < 4.78 is 3.16. The zero-order valence-electron chi connectivity index (χ0n) is 13.0. The van der Waals surface area contributed by atoms with Crippen molar-refractivity contribution in [1.82, 2.24) is 29.4 Å². The lowest BCUT2D eigenvalue weighted by molar-refractivity contribution is -0.386. The molecular formula is C15H13N7O2. The van der Waals surface area contributed by atoms with Crippen LogP contribution in [0.25, 0.3) is 16.6 Å². The Morgan fingerprint density at radius 3 is 2.75 bits per heavy atom. The van der Waals surface area contributed by atoms with Crippen LogP contribution in [0.3, 0.4) is 0 Å². The minimum Gasteiger partial charge on any atom is -0.258 e. The molecule has 0 aliphatic rings. The Hall–Kier alpha value is -3.36. The minimum absolute atomic E-state index is 0.0332. The number of para-hydroxylation sites is 1. The molecule has 0 N–H and O–H groups in total. The molecule has 0 bridgehead atoms. The van der Waals surface area contributed by atoms with Gasteiger partial charge in [0.05, 0.1) is 10.4 Å². The fourth-order valence-corrected chi connectivity index (χ4v) is 2.83. The van der Waals surface area contributed by atoms with Crippen LogP contribution in [0.2, 0.25) is 0 Å². The number of nitro groups is 1. The van der Waals surface area contributed by atoms with E-state index in [1.54, 1.807) is 29.4 Å². The molecule has 0 aliphatic heterocycles. The largest absolute Gasteiger partial charge is 0.312 e. The molecule has 0 aliphatic carbocycles. The van der Waals surface area contributed by atoms with Gasteiger partial charge in [0.15, 0.2) is 11.5 Å². The van der Waals surface area contributed by atoms with Crippen molar-refractivity contribution in [3.8, 4) is 0 Å². The zero-order valence-corrected chi connectivity index (χ0v) is 13.0. The first-order valence-electron chi connectivity index (χ1n) is 7.32. The van der Waals surface area contributed by atoms with E-state index in [-0.39, 0.29) is 12.2 Å². The number of hydrogen-bond acceptors (Lipinski definition) is 6. The third kappa shape index (κ3) is 2.09. The van der Waals surface area contributed by atoms with E-state index in [1.807, 2.05) is 24.3 Å². The van der Waals surface area contributed by atoms with Crippen molar-refractivity contribution in [2.75, 3.05) is 0 Å². The normalized spacial score (nSPS) is 11.4. The lowest BCUT2D eigenvalue weighted by atomic mass is 10.2. The van der Waals surface area contributed by atoms with Crippen molar-refractivity contribution in [1.29, 1.82) is 0 Å². The number of aromatic nitrogens is 6. The van der Waals surface area contributed by atoms with Gasteiger partial charge in [-0.2, -0.15) is 5.10 Å². The van der Waals surface area contributed by atoms with E-state index in [0.29, 0.717) is 22.9 Å². The highest BCUT2D eigenvalue weighted by Crippen LogP contribution is 2.22. The SMILES string of the molecule is Cc1nn(Cc2nc3c4ccccc4ncn3n2)c(C)c1[N+](=O)[O-]. The van der Waals surface area contributed by atoms with Crippen LogP contribution in [-0.4, -0.2) is 34.3 Å². The van der Waals surface area contributed by atoms with E-state index in [1.165, 1.54) is 0 Å². The molecule has 0 saturated heterocycles. The Morgan fingerprint density at radius 1 is 1.21 bits per heavy atom. The standard InChI is InChI=1S/C15H13N7O2/c1-9-14(22(23)24)10(2)20(18-9)7-13-17-15-11-5-3-4-6-12(11)16-8-21(15)19-13/h3-6,8H,7H2,1-2H3. The third-order valence-corrected chi connectivity index (χ3v) is 3.94. The van der Waals surface area contributed by atoms with Crippen molar-refractivity contribution < 1.29 is 4.92 Å². The van der Waals surface area contributed by atoms with Gasteiger partial charge < -0.3 is 0 Å². The summed E-state index contributed by atoms with van der Waals surface area (Å²) in [6.45, 7) is 3.55. The molecule has 0 amide bonds. The first-order valence-corrected chi connectivity index (χ1v) is 7.32. The third-order valence-electron chi connectivity index (χ3n) is 3.94. The van der Waals surface area contributed by atoms with Crippen LogP contribution in [0.1, 0.15) is 17.2 Å². The van der Waals surface area contributed by atoms with E-state index >= 15 is 0 Å². The van der Waals surface area contributed by atoms with Crippen LogP contribution >= 0.6 is 0 Å². The second-order valence-electron chi connectivity index (χ2n) is 5.49. The highest BCUT2D eigenvalue weighted by Gasteiger charge is 2.22. The molecule has 4 rings (SSSR count). The number of hydrogen-bond donors (Lipinski definition) is 0. The number of aryl methyl sites for hydroxylation is 1. The molecule has 0 radical (unpaired) electrons. The minimum atomic E-state index is -0.414. The van der Waals surface area contributed by atoms with Crippen LogP contribution in [0, 0.1) is 24.0 Å². The molecule has 120 valence electrons. The van der Waals surface area contributed by atoms with Crippen LogP contribution in [0.4, 0.5) is 5.69 Å². The second-order valence-corrected chi connectivity index (χ2v) is 5.49. The van der Waals surface area contributed by atoms with Crippen LogP contribution < -0.4 is 0 Å². The quantitative estimate of drug-likeness (QED) is 0.422. The Kier molecular flexibility index (Phi) is 3.02. The highest BCUT2D eigenvalue weighted by atomic mass is 16.6. The van der Waals surface area contributed by atoms with E-state index in [9.17, 15) is 10.1 Å². The fourth-order valence-electron chi connectivity index (χ4n) is 2.83. The van der Waals surface area contributed by atoms with Crippen molar-refractivity contribution >= 4 is 22.2 Å². The molecule has 24 heavy (non-hydrogen) atoms. The number of nitrogens with zero attached hydrogens (tertiary/aromatic N) is 7. The number of benzene rings is 1. The monoisotopic (exact) mass is 323 g/mol. The zero-order chi connectivity index (χ0) is 16.8. The van der Waals surface area contributed by atoms with E-state index in [0.717, 1.165) is 10.9 Å². The molecule has 0 atom stereocenters. The van der Waals surface area contributed by atoms with Gasteiger partial charge in [-0.25, -0.2) is 14.5 Å². The molecular weight excluding hydrogens is 310 g/mol. The van der Waals surface area contributed by atoms with Crippen molar-refractivity contribution in [3.63, 3.8) is 0 Å². The maximum Gasteiger partial charge on any atom is 0.312 e. The first-order chi connectivity index (χ1) is 11.5. The van der Waals surface area contributed by atoms with Crippen LogP contribution in [-0.2, 0) is 6.54 Å². The summed E-state index contributed by atoms with van der Waals surface area (Å²) in [5.74, 6) is 0.522. The number of rotatable bonds is 3. The second kappa shape index (κ2) is 5.08. The average molecular weight is 323 g/mol. The summed E-state index contributed by atoms with van der Waals surface area (Å²) in [4.78, 5) is 19.6. The van der Waals surface area contributed by atoms with Crippen molar-refractivity contribution in [2.24, 2.45) is 0 Å². The average Bonchev–Trinajstić information content (AvgIpc) is 3.08. The van der Waals surface area contributed by atoms with E-state index in [4.69, 9.17) is 0 Å². The topological polar surface area (TPSA) is 104 Å². The van der Waals surface area contributed by atoms with Gasteiger partial charge in [0, 0.05) is 5.39 Å². The maximum absolute atomic E-state index is 11.1. The smallest absolute Gasteiger partial charge is 0.258 e. The number of fused-ring (bicyclic) bond motifs is 3. The lowest BCUT2D eigenvalue weighted by Crippen LogP contribution is -2.06. The van der Waals surface area contributed by atoms with Gasteiger partial charge in [0.1, 0.15) is 24.3 Å². The molecule has 9 heteroatoms. The van der Waals surface area contributed by atoms with Crippen molar-refractivity contribution in [2.45, 2.75) is 20.4 Å². The van der Waals surface area contributed by atoms with Gasteiger partial charge in [0.25, 0.3) is 0 Å². The van der Waals surface area contributed by atoms with Crippen LogP contribution in [0.15, 0.2) is 30.6 Å². The first kappa shape index (κ1) is 14.2. The van der Waals surface area contributed by atoms with Gasteiger partial charge in [-0.05, 0) is 26.0 Å². The van der Waals surface area contributed by atoms with E-state index in [2.05, 4.69) is 20.2 Å². The predicted octanol–water partition coefficient (Wildman–Crippen LogP) is 2.05. The Morgan fingerprint density at radius 2 is 2.00 bits per heavy atom. The molecule has 0 fully saturated rings. The molecule has 0 unspecified atom stereocenters. The molecule has 0 spiro atoms. The van der Waals surface area contributed by atoms with Gasteiger partial charge >= 0.3 is 5.69 Å². The Balaban J connectivity index is 1.80. The summed E-state index contributed by atoms with van der Waals surface area (Å²) in [6, 6.07) is 7.68. The molecule has 3 heterocycles. The Labute approximate surface area is 135 Å².